The van der Waals surface area contributed by atoms with E-state index in [4.69, 9.17) is 0 Å². The van der Waals surface area contributed by atoms with Crippen LogP contribution in [0, 0.1) is 0 Å². The van der Waals surface area contributed by atoms with Gasteiger partial charge in [0.15, 0.2) is 0 Å². The number of rotatable bonds is 2. The van der Waals surface area contributed by atoms with Crippen LogP contribution in [-0.2, 0) is 0 Å². The highest BCUT2D eigenvalue weighted by atomic mass is 15.4. The zero-order valence-electron chi connectivity index (χ0n) is 7.94. The van der Waals surface area contributed by atoms with Crippen LogP contribution in [0.15, 0.2) is 0 Å². The molecule has 12 heavy (non-hydrogen) atoms. The van der Waals surface area contributed by atoms with Crippen molar-refractivity contribution in [2.75, 3.05) is 0 Å². The van der Waals surface area contributed by atoms with Crippen LogP contribution in [0.5, 0.6) is 0 Å². The summed E-state index contributed by atoms with van der Waals surface area (Å²) < 4.78 is 0. The maximum absolute atomic E-state index is 3.98. The van der Waals surface area contributed by atoms with Crippen molar-refractivity contribution in [1.82, 2.24) is 20.6 Å². The molecule has 0 saturated heterocycles. The van der Waals surface area contributed by atoms with E-state index in [0.29, 0.717) is 11.8 Å². The van der Waals surface area contributed by atoms with Gasteiger partial charge in [0, 0.05) is 0 Å². The summed E-state index contributed by atoms with van der Waals surface area (Å²) in [5, 5.41) is 15.0. The van der Waals surface area contributed by atoms with E-state index < -0.39 is 0 Å². The molecule has 0 radical (unpaired) electrons. The minimum atomic E-state index is 0.366. The Morgan fingerprint density at radius 3 is 1.33 bits per heavy atom. The van der Waals surface area contributed by atoms with E-state index in [1.165, 1.54) is 0 Å². The number of aromatic nitrogens is 4. The summed E-state index contributed by atoms with van der Waals surface area (Å²) in [7, 11) is 0. The molecule has 0 N–H and O–H groups in total. The van der Waals surface area contributed by atoms with E-state index in [0.717, 1.165) is 11.4 Å². The molecule has 0 aliphatic carbocycles. The van der Waals surface area contributed by atoms with E-state index in [-0.39, 0.29) is 0 Å². The monoisotopic (exact) mass is 166 g/mol. The third kappa shape index (κ3) is 1.75. The third-order valence-corrected chi connectivity index (χ3v) is 1.70. The standard InChI is InChI=1S/C8H14N4/c1-5(2)7-8(6(3)4)10-12-11-9-7/h5-6H,1-4H3. The third-order valence-electron chi connectivity index (χ3n) is 1.70. The lowest BCUT2D eigenvalue weighted by molar-refractivity contribution is 0.625. The lowest BCUT2D eigenvalue weighted by Crippen LogP contribution is -2.08. The Bertz CT molecular complexity index is 230. The molecule has 0 unspecified atom stereocenters. The summed E-state index contributed by atoms with van der Waals surface area (Å²) in [5.41, 5.74) is 1.92. The van der Waals surface area contributed by atoms with E-state index in [1.807, 2.05) is 0 Å². The molecule has 4 heteroatoms. The van der Waals surface area contributed by atoms with Crippen molar-refractivity contribution in [2.24, 2.45) is 0 Å². The Morgan fingerprint density at radius 2 is 1.08 bits per heavy atom. The van der Waals surface area contributed by atoms with Crippen LogP contribution in [0.4, 0.5) is 0 Å². The Hall–Kier alpha value is -1.06. The molecule has 0 aliphatic rings. The van der Waals surface area contributed by atoms with Gasteiger partial charge < -0.3 is 0 Å². The van der Waals surface area contributed by atoms with Gasteiger partial charge in [-0.05, 0) is 22.3 Å². The molecule has 0 saturated carbocycles. The molecule has 0 bridgehead atoms. The van der Waals surface area contributed by atoms with Crippen LogP contribution in [-0.4, -0.2) is 20.6 Å². The first-order chi connectivity index (χ1) is 5.63. The topological polar surface area (TPSA) is 51.6 Å². The van der Waals surface area contributed by atoms with Crippen molar-refractivity contribution in [3.63, 3.8) is 0 Å². The zero-order chi connectivity index (χ0) is 9.14. The SMILES string of the molecule is CC(C)c1nnnnc1C(C)C. The van der Waals surface area contributed by atoms with Gasteiger partial charge in [0.25, 0.3) is 0 Å². The van der Waals surface area contributed by atoms with Gasteiger partial charge in [-0.25, -0.2) is 0 Å². The smallest absolute Gasteiger partial charge is 0.0911 e. The van der Waals surface area contributed by atoms with E-state index >= 15 is 0 Å². The molecule has 0 amide bonds. The molecule has 1 aromatic heterocycles. The molecular formula is C8H14N4. The highest BCUT2D eigenvalue weighted by molar-refractivity contribution is 5.14. The molecular weight excluding hydrogens is 152 g/mol. The van der Waals surface area contributed by atoms with E-state index in [2.05, 4.69) is 48.3 Å². The zero-order valence-corrected chi connectivity index (χ0v) is 7.94. The molecule has 66 valence electrons. The summed E-state index contributed by atoms with van der Waals surface area (Å²) >= 11 is 0. The van der Waals surface area contributed by atoms with Gasteiger partial charge in [0.1, 0.15) is 0 Å². The van der Waals surface area contributed by atoms with E-state index in [1.54, 1.807) is 0 Å². The predicted molar refractivity (Wildman–Crippen MR) is 45.8 cm³/mol. The maximum Gasteiger partial charge on any atom is 0.0911 e. The van der Waals surface area contributed by atoms with Crippen molar-refractivity contribution in [3.05, 3.63) is 11.4 Å². The van der Waals surface area contributed by atoms with Gasteiger partial charge >= 0.3 is 0 Å². The minimum absolute atomic E-state index is 0.366. The van der Waals surface area contributed by atoms with Gasteiger partial charge in [-0.15, -0.1) is 10.2 Å². The van der Waals surface area contributed by atoms with Crippen LogP contribution in [0.3, 0.4) is 0 Å². The van der Waals surface area contributed by atoms with Gasteiger partial charge in [-0.2, -0.15) is 0 Å². The molecule has 1 rings (SSSR count). The average molecular weight is 166 g/mol. The van der Waals surface area contributed by atoms with Crippen LogP contribution in [0.1, 0.15) is 50.9 Å². The fourth-order valence-electron chi connectivity index (χ4n) is 1.06. The fraction of sp³-hybridized carbons (Fsp3) is 0.750. The summed E-state index contributed by atoms with van der Waals surface area (Å²) in [5.74, 6) is 0.732. The van der Waals surface area contributed by atoms with Gasteiger partial charge in [0.2, 0.25) is 0 Å². The molecule has 4 nitrogen and oxygen atoms in total. The van der Waals surface area contributed by atoms with E-state index in [9.17, 15) is 0 Å². The first kappa shape index (κ1) is 9.03. The van der Waals surface area contributed by atoms with Crippen molar-refractivity contribution >= 4 is 0 Å². The maximum atomic E-state index is 3.98. The summed E-state index contributed by atoms with van der Waals surface area (Å²) in [6.07, 6.45) is 0. The average Bonchev–Trinajstić information content (AvgIpc) is 2.04. The minimum Gasteiger partial charge on any atom is -0.131 e. The Morgan fingerprint density at radius 1 is 0.750 bits per heavy atom. The molecule has 0 atom stereocenters. The number of nitrogens with zero attached hydrogens (tertiary/aromatic N) is 4. The first-order valence-electron chi connectivity index (χ1n) is 4.18. The fourth-order valence-corrected chi connectivity index (χ4v) is 1.06. The van der Waals surface area contributed by atoms with Crippen molar-refractivity contribution in [3.8, 4) is 0 Å². The lowest BCUT2D eigenvalue weighted by Gasteiger charge is -2.09. The summed E-state index contributed by atoms with van der Waals surface area (Å²) in [6.45, 7) is 8.32. The van der Waals surface area contributed by atoms with Crippen LogP contribution in [0.25, 0.3) is 0 Å². The largest absolute Gasteiger partial charge is 0.131 e. The number of hydrogen-bond acceptors (Lipinski definition) is 4. The first-order valence-corrected chi connectivity index (χ1v) is 4.18. The van der Waals surface area contributed by atoms with Crippen molar-refractivity contribution < 1.29 is 0 Å². The predicted octanol–water partition coefficient (Wildman–Crippen LogP) is 1.51. The Balaban J connectivity index is 3.09. The quantitative estimate of drug-likeness (QED) is 0.668. The van der Waals surface area contributed by atoms with Crippen molar-refractivity contribution in [2.45, 2.75) is 39.5 Å². The molecule has 0 spiro atoms. The normalized spacial score (nSPS) is 11.2. The van der Waals surface area contributed by atoms with Crippen LogP contribution < -0.4 is 0 Å². The van der Waals surface area contributed by atoms with Gasteiger partial charge in [-0.3, -0.25) is 0 Å². The second-order valence-corrected chi connectivity index (χ2v) is 3.46. The highest BCUT2D eigenvalue weighted by Gasteiger charge is 2.13. The second-order valence-electron chi connectivity index (χ2n) is 3.46. The molecule has 0 fully saturated rings. The molecule has 0 aliphatic heterocycles. The van der Waals surface area contributed by atoms with Gasteiger partial charge in [0.05, 0.1) is 11.4 Å². The second kappa shape index (κ2) is 3.56. The van der Waals surface area contributed by atoms with Crippen molar-refractivity contribution in [1.29, 1.82) is 0 Å². The Labute approximate surface area is 72.4 Å². The molecule has 0 aromatic carbocycles. The van der Waals surface area contributed by atoms with Gasteiger partial charge in [-0.1, -0.05) is 27.7 Å². The molecule has 1 aromatic rings. The lowest BCUT2D eigenvalue weighted by atomic mass is 10.0. The van der Waals surface area contributed by atoms with Crippen LogP contribution in [0.2, 0.25) is 0 Å². The Kier molecular flexibility index (Phi) is 2.68. The summed E-state index contributed by atoms with van der Waals surface area (Å²) in [6, 6.07) is 0. The highest BCUT2D eigenvalue weighted by Crippen LogP contribution is 2.19. The molecule has 1 heterocycles. The number of hydrogen-bond donors (Lipinski definition) is 0. The van der Waals surface area contributed by atoms with Crippen LogP contribution >= 0.6 is 0 Å². The summed E-state index contributed by atoms with van der Waals surface area (Å²) in [4.78, 5) is 0.